The number of nitrogens with one attached hydrogen (secondary N) is 1. The van der Waals surface area contributed by atoms with Gasteiger partial charge in [0.2, 0.25) is 5.95 Å². The SMILES string of the molecule is Cc1cccc(Cn2c(N3CCN(CCc4ccccc4)CC3)nc3c2c(=O)[nH]c(=O)n3C)c1. The van der Waals surface area contributed by atoms with Gasteiger partial charge in [-0.3, -0.25) is 23.8 Å². The van der Waals surface area contributed by atoms with Gasteiger partial charge in [-0.2, -0.15) is 4.98 Å². The van der Waals surface area contributed by atoms with Crippen molar-refractivity contribution in [2.75, 3.05) is 37.6 Å². The number of aromatic nitrogens is 4. The first-order valence-electron chi connectivity index (χ1n) is 11.8. The van der Waals surface area contributed by atoms with E-state index in [9.17, 15) is 9.59 Å². The van der Waals surface area contributed by atoms with E-state index in [0.717, 1.165) is 56.2 Å². The van der Waals surface area contributed by atoms with Crippen LogP contribution in [0.1, 0.15) is 16.7 Å². The minimum absolute atomic E-state index is 0.397. The van der Waals surface area contributed by atoms with Gasteiger partial charge in [0, 0.05) is 39.8 Å². The van der Waals surface area contributed by atoms with Crippen LogP contribution in [0.15, 0.2) is 64.2 Å². The molecule has 0 aliphatic carbocycles. The van der Waals surface area contributed by atoms with Gasteiger partial charge in [-0.1, -0.05) is 60.2 Å². The molecule has 4 aromatic rings. The average Bonchev–Trinajstić information content (AvgIpc) is 3.22. The van der Waals surface area contributed by atoms with Crippen molar-refractivity contribution in [3.05, 3.63) is 92.1 Å². The molecule has 1 aliphatic heterocycles. The van der Waals surface area contributed by atoms with E-state index >= 15 is 0 Å². The third-order valence-electron chi connectivity index (χ3n) is 6.62. The van der Waals surface area contributed by atoms with Crippen molar-refractivity contribution < 1.29 is 0 Å². The molecule has 0 radical (unpaired) electrons. The highest BCUT2D eigenvalue weighted by atomic mass is 16.2. The summed E-state index contributed by atoms with van der Waals surface area (Å²) in [6.45, 7) is 7.08. The molecular weight excluding hydrogens is 428 g/mol. The van der Waals surface area contributed by atoms with Crippen molar-refractivity contribution in [1.82, 2.24) is 24.0 Å². The molecule has 3 heterocycles. The van der Waals surface area contributed by atoms with E-state index in [1.165, 1.54) is 10.1 Å². The molecule has 8 heteroatoms. The van der Waals surface area contributed by atoms with Gasteiger partial charge in [-0.05, 0) is 24.5 Å². The van der Waals surface area contributed by atoms with E-state index in [-0.39, 0.29) is 0 Å². The Morgan fingerprint density at radius 2 is 1.68 bits per heavy atom. The van der Waals surface area contributed by atoms with Crippen molar-refractivity contribution >= 4 is 17.1 Å². The first-order valence-corrected chi connectivity index (χ1v) is 11.8. The number of H-pyrrole nitrogens is 1. The van der Waals surface area contributed by atoms with Crippen LogP contribution in [0.5, 0.6) is 0 Å². The molecule has 0 bridgehead atoms. The number of hydrogen-bond acceptors (Lipinski definition) is 5. The smallest absolute Gasteiger partial charge is 0.329 e. The zero-order chi connectivity index (χ0) is 23.7. The Balaban J connectivity index is 1.42. The molecule has 1 N–H and O–H groups in total. The molecule has 1 fully saturated rings. The van der Waals surface area contributed by atoms with Gasteiger partial charge < -0.3 is 4.90 Å². The number of aryl methyl sites for hydroxylation is 2. The molecular formula is C26H30N6O2. The van der Waals surface area contributed by atoms with Crippen molar-refractivity contribution in [1.29, 1.82) is 0 Å². The molecule has 0 atom stereocenters. The quantitative estimate of drug-likeness (QED) is 0.479. The Bertz CT molecular complexity index is 1410. The minimum Gasteiger partial charge on any atom is -0.340 e. The van der Waals surface area contributed by atoms with E-state index in [1.54, 1.807) is 7.05 Å². The molecule has 0 saturated carbocycles. The number of anilines is 1. The topological polar surface area (TPSA) is 79.2 Å². The summed E-state index contributed by atoms with van der Waals surface area (Å²) in [5.74, 6) is 0.742. The number of rotatable bonds is 6. The molecule has 5 rings (SSSR count). The Labute approximate surface area is 198 Å². The Hall–Kier alpha value is -3.65. The summed E-state index contributed by atoms with van der Waals surface area (Å²) in [5.41, 5.74) is 3.62. The molecule has 0 amide bonds. The molecule has 1 aliphatic rings. The predicted octanol–water partition coefficient (Wildman–Crippen LogP) is 2.14. The highest BCUT2D eigenvalue weighted by Gasteiger charge is 2.25. The van der Waals surface area contributed by atoms with Crippen LogP contribution in [0.3, 0.4) is 0 Å². The Morgan fingerprint density at radius 1 is 0.941 bits per heavy atom. The molecule has 176 valence electrons. The average molecular weight is 459 g/mol. The van der Waals surface area contributed by atoms with Crippen LogP contribution in [0.2, 0.25) is 0 Å². The van der Waals surface area contributed by atoms with Crippen LogP contribution in [0, 0.1) is 6.92 Å². The van der Waals surface area contributed by atoms with Crippen LogP contribution in [0.25, 0.3) is 11.2 Å². The van der Waals surface area contributed by atoms with Crippen molar-refractivity contribution in [3.63, 3.8) is 0 Å². The fourth-order valence-corrected chi connectivity index (χ4v) is 4.71. The maximum Gasteiger partial charge on any atom is 0.329 e. The zero-order valence-corrected chi connectivity index (χ0v) is 19.7. The number of fused-ring (bicyclic) bond motifs is 1. The summed E-state index contributed by atoms with van der Waals surface area (Å²) in [6.07, 6.45) is 1.03. The van der Waals surface area contributed by atoms with Crippen LogP contribution in [-0.2, 0) is 20.0 Å². The van der Waals surface area contributed by atoms with Gasteiger partial charge in [-0.15, -0.1) is 0 Å². The van der Waals surface area contributed by atoms with Gasteiger partial charge >= 0.3 is 5.69 Å². The number of benzene rings is 2. The first kappa shape index (κ1) is 22.2. The lowest BCUT2D eigenvalue weighted by Crippen LogP contribution is -2.47. The molecule has 2 aromatic carbocycles. The van der Waals surface area contributed by atoms with E-state index in [0.29, 0.717) is 17.7 Å². The molecule has 0 unspecified atom stereocenters. The van der Waals surface area contributed by atoms with Gasteiger partial charge in [0.15, 0.2) is 11.2 Å². The van der Waals surface area contributed by atoms with Crippen LogP contribution in [0.4, 0.5) is 5.95 Å². The zero-order valence-electron chi connectivity index (χ0n) is 19.7. The summed E-state index contributed by atoms with van der Waals surface area (Å²) in [4.78, 5) is 37.0. The van der Waals surface area contributed by atoms with Crippen molar-refractivity contribution in [2.24, 2.45) is 7.05 Å². The van der Waals surface area contributed by atoms with Crippen LogP contribution >= 0.6 is 0 Å². The first-order chi connectivity index (χ1) is 16.5. The lowest BCUT2D eigenvalue weighted by molar-refractivity contribution is 0.259. The standard InChI is InChI=1S/C26H30N6O2/c1-19-7-6-10-21(17-19)18-32-22-23(29(2)26(34)28-24(22)33)27-25(32)31-15-13-30(14-16-31)12-11-20-8-4-3-5-9-20/h3-10,17H,11-16,18H2,1-2H3,(H,28,33,34). The number of nitrogens with zero attached hydrogens (tertiary/aromatic N) is 5. The molecule has 34 heavy (non-hydrogen) atoms. The molecule has 2 aromatic heterocycles. The Morgan fingerprint density at radius 3 is 2.41 bits per heavy atom. The minimum atomic E-state index is -0.449. The maximum atomic E-state index is 12.8. The fourth-order valence-electron chi connectivity index (χ4n) is 4.71. The van der Waals surface area contributed by atoms with Gasteiger partial charge in [-0.25, -0.2) is 4.79 Å². The molecule has 0 spiro atoms. The highest BCUT2D eigenvalue weighted by Crippen LogP contribution is 2.23. The summed E-state index contributed by atoms with van der Waals surface area (Å²) in [5, 5.41) is 0. The van der Waals surface area contributed by atoms with E-state index in [4.69, 9.17) is 4.98 Å². The number of hydrogen-bond donors (Lipinski definition) is 1. The normalized spacial score (nSPS) is 14.7. The lowest BCUT2D eigenvalue weighted by Gasteiger charge is -2.35. The third kappa shape index (κ3) is 4.41. The van der Waals surface area contributed by atoms with Gasteiger partial charge in [0.1, 0.15) is 0 Å². The van der Waals surface area contributed by atoms with Crippen LogP contribution in [-0.4, -0.2) is 56.7 Å². The second-order valence-electron chi connectivity index (χ2n) is 9.04. The molecule has 1 saturated heterocycles. The molecule has 8 nitrogen and oxygen atoms in total. The fraction of sp³-hybridized carbons (Fsp3) is 0.346. The van der Waals surface area contributed by atoms with E-state index < -0.39 is 11.2 Å². The summed E-state index contributed by atoms with van der Waals surface area (Å²) in [6, 6.07) is 18.8. The number of imidazole rings is 1. The summed E-state index contributed by atoms with van der Waals surface area (Å²) < 4.78 is 3.38. The summed E-state index contributed by atoms with van der Waals surface area (Å²) in [7, 11) is 1.65. The maximum absolute atomic E-state index is 12.8. The van der Waals surface area contributed by atoms with E-state index in [2.05, 4.69) is 64.2 Å². The summed E-state index contributed by atoms with van der Waals surface area (Å²) >= 11 is 0. The highest BCUT2D eigenvalue weighted by molar-refractivity contribution is 5.74. The van der Waals surface area contributed by atoms with Gasteiger partial charge in [0.05, 0.1) is 6.54 Å². The second-order valence-corrected chi connectivity index (χ2v) is 9.04. The number of piperazine rings is 1. The van der Waals surface area contributed by atoms with E-state index in [1.807, 2.05) is 16.7 Å². The van der Waals surface area contributed by atoms with Crippen molar-refractivity contribution in [2.45, 2.75) is 19.9 Å². The van der Waals surface area contributed by atoms with Crippen LogP contribution < -0.4 is 16.1 Å². The number of aromatic amines is 1. The second kappa shape index (κ2) is 9.30. The third-order valence-corrected chi connectivity index (χ3v) is 6.62. The van der Waals surface area contributed by atoms with Gasteiger partial charge in [0.25, 0.3) is 5.56 Å². The predicted molar refractivity (Wildman–Crippen MR) is 135 cm³/mol. The lowest BCUT2D eigenvalue weighted by atomic mass is 10.1. The monoisotopic (exact) mass is 458 g/mol. The van der Waals surface area contributed by atoms with Crippen molar-refractivity contribution in [3.8, 4) is 0 Å². The largest absolute Gasteiger partial charge is 0.340 e. The Kier molecular flexibility index (Phi) is 6.06.